The molecule has 0 aliphatic carbocycles. The average Bonchev–Trinajstić information content (AvgIpc) is 3.50. The van der Waals surface area contributed by atoms with E-state index in [9.17, 15) is 14.0 Å². The van der Waals surface area contributed by atoms with Gasteiger partial charge in [-0.15, -0.1) is 0 Å². The predicted octanol–water partition coefficient (Wildman–Crippen LogP) is 4.43. The minimum absolute atomic E-state index is 0.00506. The minimum atomic E-state index is -0.539. The van der Waals surface area contributed by atoms with Crippen molar-refractivity contribution < 1.29 is 18.7 Å². The molecule has 0 aliphatic rings. The third-order valence-corrected chi connectivity index (χ3v) is 5.04. The quantitative estimate of drug-likeness (QED) is 0.386. The van der Waals surface area contributed by atoms with Crippen molar-refractivity contribution >= 4 is 34.8 Å². The fraction of sp³-hybridized carbons (Fsp3) is 0.130. The van der Waals surface area contributed by atoms with Crippen LogP contribution in [0.2, 0.25) is 5.02 Å². The lowest BCUT2D eigenvalue weighted by atomic mass is 10.2. The van der Waals surface area contributed by atoms with Gasteiger partial charge in [0.15, 0.2) is 12.4 Å². The molecule has 11 heteroatoms. The number of ether oxygens (including phenoxy) is 1. The molecule has 9 nitrogen and oxygen atoms in total. The van der Waals surface area contributed by atoms with E-state index in [2.05, 4.69) is 20.8 Å². The Morgan fingerprint density at radius 2 is 1.82 bits per heavy atom. The monoisotopic (exact) mass is 482 g/mol. The van der Waals surface area contributed by atoms with Crippen LogP contribution in [-0.2, 0) is 13.3 Å². The van der Waals surface area contributed by atoms with Crippen LogP contribution in [0.5, 0.6) is 5.75 Å². The van der Waals surface area contributed by atoms with E-state index >= 15 is 0 Å². The van der Waals surface area contributed by atoms with Gasteiger partial charge in [-0.05, 0) is 49.4 Å². The molecule has 2 heterocycles. The molecule has 2 aromatic carbocycles. The zero-order valence-electron chi connectivity index (χ0n) is 18.0. The molecular weight excluding hydrogens is 463 g/mol. The van der Waals surface area contributed by atoms with Crippen LogP contribution in [0.3, 0.4) is 0 Å². The maximum absolute atomic E-state index is 13.2. The fourth-order valence-corrected chi connectivity index (χ4v) is 3.28. The number of carbonyl (C=O) groups is 2. The zero-order valence-corrected chi connectivity index (χ0v) is 18.8. The molecule has 4 rings (SSSR count). The van der Waals surface area contributed by atoms with Gasteiger partial charge in [0, 0.05) is 36.4 Å². The Morgan fingerprint density at radius 1 is 1.06 bits per heavy atom. The molecule has 0 saturated heterocycles. The van der Waals surface area contributed by atoms with E-state index in [1.807, 2.05) is 6.92 Å². The number of aryl methyl sites for hydroxylation is 1. The van der Waals surface area contributed by atoms with Gasteiger partial charge in [0.05, 0.1) is 5.02 Å². The summed E-state index contributed by atoms with van der Waals surface area (Å²) in [6.07, 6.45) is 3.14. The molecule has 34 heavy (non-hydrogen) atoms. The van der Waals surface area contributed by atoms with Gasteiger partial charge < -0.3 is 15.4 Å². The second kappa shape index (κ2) is 10.2. The third kappa shape index (κ3) is 5.41. The molecule has 2 amide bonds. The molecule has 0 atom stereocenters. The van der Waals surface area contributed by atoms with Gasteiger partial charge in [-0.25, -0.2) is 9.07 Å². The largest absolute Gasteiger partial charge is 0.471 e. The van der Waals surface area contributed by atoms with E-state index < -0.39 is 11.7 Å². The van der Waals surface area contributed by atoms with Crippen LogP contribution in [0.1, 0.15) is 27.9 Å². The summed E-state index contributed by atoms with van der Waals surface area (Å²) in [5, 5.41) is 13.8. The Hall–Kier alpha value is -4.18. The summed E-state index contributed by atoms with van der Waals surface area (Å²) in [6, 6.07) is 13.9. The highest BCUT2D eigenvalue weighted by molar-refractivity contribution is 6.30. The van der Waals surface area contributed by atoms with Crippen LogP contribution >= 0.6 is 11.6 Å². The number of halogens is 2. The Labute approximate surface area is 199 Å². The van der Waals surface area contributed by atoms with E-state index in [0.29, 0.717) is 29.4 Å². The molecule has 0 bridgehead atoms. The van der Waals surface area contributed by atoms with Crippen molar-refractivity contribution in [1.82, 2.24) is 19.6 Å². The lowest BCUT2D eigenvalue weighted by Gasteiger charge is -2.09. The van der Waals surface area contributed by atoms with Gasteiger partial charge in [-0.3, -0.25) is 14.3 Å². The number of nitrogens with zero attached hydrogens (tertiary/aromatic N) is 4. The van der Waals surface area contributed by atoms with E-state index in [-0.39, 0.29) is 23.4 Å². The van der Waals surface area contributed by atoms with Crippen molar-refractivity contribution in [1.29, 1.82) is 0 Å². The average molecular weight is 483 g/mol. The molecule has 2 N–H and O–H groups in total. The molecule has 174 valence electrons. The van der Waals surface area contributed by atoms with Crippen molar-refractivity contribution in [3.05, 3.63) is 89.2 Å². The fourth-order valence-electron chi connectivity index (χ4n) is 3.10. The number of benzene rings is 2. The molecule has 0 spiro atoms. The standard InChI is InChI=1S/C23H20ClFN6O3/c1-2-31-21(8-10-26-31)23(33)28-16-5-3-4-15(12-16)27-22(32)20-9-11-30(29-20)14-34-17-6-7-19(25)18(24)13-17/h3-13H,2,14H2,1H3,(H,27,32)(H,28,33). The Balaban J connectivity index is 1.36. The van der Waals surface area contributed by atoms with Crippen molar-refractivity contribution in [3.63, 3.8) is 0 Å². The molecular formula is C23H20ClFN6O3. The van der Waals surface area contributed by atoms with Crippen molar-refractivity contribution in [2.75, 3.05) is 10.6 Å². The van der Waals surface area contributed by atoms with E-state index in [0.717, 1.165) is 0 Å². The van der Waals surface area contributed by atoms with Gasteiger partial charge in [0.1, 0.15) is 17.3 Å². The predicted molar refractivity (Wildman–Crippen MR) is 125 cm³/mol. The highest BCUT2D eigenvalue weighted by Gasteiger charge is 2.13. The topological polar surface area (TPSA) is 103 Å². The number of hydrogen-bond acceptors (Lipinski definition) is 5. The zero-order chi connectivity index (χ0) is 24.1. The summed E-state index contributed by atoms with van der Waals surface area (Å²) < 4.78 is 21.8. The first kappa shape index (κ1) is 23.0. The van der Waals surface area contributed by atoms with Gasteiger partial charge in [-0.2, -0.15) is 10.2 Å². The second-order valence-electron chi connectivity index (χ2n) is 7.11. The first-order valence-corrected chi connectivity index (χ1v) is 10.7. The summed E-state index contributed by atoms with van der Waals surface area (Å²) in [7, 11) is 0. The maximum Gasteiger partial charge on any atom is 0.276 e. The summed E-state index contributed by atoms with van der Waals surface area (Å²) in [6.45, 7) is 2.47. The number of hydrogen-bond donors (Lipinski definition) is 2. The van der Waals surface area contributed by atoms with Crippen molar-refractivity contribution in [2.24, 2.45) is 0 Å². The van der Waals surface area contributed by atoms with Crippen LogP contribution in [0.4, 0.5) is 15.8 Å². The van der Waals surface area contributed by atoms with Crippen LogP contribution in [0.25, 0.3) is 0 Å². The van der Waals surface area contributed by atoms with Gasteiger partial charge >= 0.3 is 0 Å². The van der Waals surface area contributed by atoms with Crippen molar-refractivity contribution in [3.8, 4) is 5.75 Å². The third-order valence-electron chi connectivity index (χ3n) is 4.75. The van der Waals surface area contributed by atoms with Crippen LogP contribution < -0.4 is 15.4 Å². The molecule has 0 fully saturated rings. The molecule has 0 saturated carbocycles. The first-order valence-electron chi connectivity index (χ1n) is 10.3. The molecule has 0 unspecified atom stereocenters. The van der Waals surface area contributed by atoms with Gasteiger partial charge in [0.2, 0.25) is 0 Å². The van der Waals surface area contributed by atoms with Gasteiger partial charge in [0.25, 0.3) is 11.8 Å². The Kier molecular flexibility index (Phi) is 6.88. The van der Waals surface area contributed by atoms with Crippen LogP contribution in [-0.4, -0.2) is 31.4 Å². The number of carbonyl (C=O) groups excluding carboxylic acids is 2. The Bertz CT molecular complexity index is 1340. The molecule has 0 radical (unpaired) electrons. The van der Waals surface area contributed by atoms with Gasteiger partial charge in [-0.1, -0.05) is 17.7 Å². The maximum atomic E-state index is 13.2. The highest BCUT2D eigenvalue weighted by Crippen LogP contribution is 2.21. The first-order chi connectivity index (χ1) is 16.4. The smallest absolute Gasteiger partial charge is 0.276 e. The number of aromatic nitrogens is 4. The van der Waals surface area contributed by atoms with Crippen molar-refractivity contribution in [2.45, 2.75) is 20.2 Å². The SMILES string of the molecule is CCn1nccc1C(=O)Nc1cccc(NC(=O)c2ccn(COc3ccc(F)c(Cl)c3)n2)c1. The van der Waals surface area contributed by atoms with Crippen LogP contribution in [0, 0.1) is 5.82 Å². The summed E-state index contributed by atoms with van der Waals surface area (Å²) >= 11 is 5.74. The lowest BCUT2D eigenvalue weighted by Crippen LogP contribution is -2.18. The number of amides is 2. The summed E-state index contributed by atoms with van der Waals surface area (Å²) in [4.78, 5) is 25.1. The Morgan fingerprint density at radius 3 is 2.56 bits per heavy atom. The number of nitrogens with one attached hydrogen (secondary N) is 2. The molecule has 0 aliphatic heterocycles. The van der Waals surface area contributed by atoms with E-state index in [4.69, 9.17) is 16.3 Å². The molecule has 2 aromatic heterocycles. The van der Waals surface area contributed by atoms with E-state index in [1.54, 1.807) is 47.4 Å². The lowest BCUT2D eigenvalue weighted by molar-refractivity contribution is 0.101. The normalized spacial score (nSPS) is 10.7. The minimum Gasteiger partial charge on any atom is -0.471 e. The molecule has 4 aromatic rings. The highest BCUT2D eigenvalue weighted by atomic mass is 35.5. The second-order valence-corrected chi connectivity index (χ2v) is 7.52. The number of anilines is 2. The van der Waals surface area contributed by atoms with Crippen LogP contribution in [0.15, 0.2) is 67.0 Å². The number of rotatable bonds is 8. The van der Waals surface area contributed by atoms with E-state index in [1.165, 1.54) is 28.9 Å². The summed E-state index contributed by atoms with van der Waals surface area (Å²) in [5.74, 6) is -0.905. The summed E-state index contributed by atoms with van der Waals surface area (Å²) in [5.41, 5.74) is 1.61.